The topological polar surface area (TPSA) is 47.7 Å². The molecule has 0 aromatic heterocycles. The fourth-order valence-corrected chi connectivity index (χ4v) is 2.64. The molecule has 1 aliphatic heterocycles. The minimum atomic E-state index is 0.140. The van der Waals surface area contributed by atoms with Gasteiger partial charge in [0.1, 0.15) is 0 Å². The maximum Gasteiger partial charge on any atom is 0.231 e. The van der Waals surface area contributed by atoms with E-state index in [1.807, 2.05) is 12.1 Å². The second kappa shape index (κ2) is 6.66. The summed E-state index contributed by atoms with van der Waals surface area (Å²) >= 11 is 6.24. The van der Waals surface area contributed by atoms with Gasteiger partial charge in [-0.05, 0) is 43.6 Å². The lowest BCUT2D eigenvalue weighted by molar-refractivity contribution is 0.174. The Labute approximate surface area is 125 Å². The summed E-state index contributed by atoms with van der Waals surface area (Å²) in [7, 11) is 2.10. The monoisotopic (exact) mass is 298 g/mol. The summed E-state index contributed by atoms with van der Waals surface area (Å²) in [4.78, 5) is 2.27. The zero-order valence-electron chi connectivity index (χ0n) is 12.4. The number of ether oxygens (including phenoxy) is 2. The molecule has 0 bridgehead atoms. The Balaban J connectivity index is 2.17. The molecule has 0 aliphatic carbocycles. The van der Waals surface area contributed by atoms with Crippen LogP contribution in [0.5, 0.6) is 11.5 Å². The van der Waals surface area contributed by atoms with E-state index in [-0.39, 0.29) is 12.8 Å². The molecule has 2 rings (SSSR count). The molecule has 0 saturated carbocycles. The van der Waals surface area contributed by atoms with Crippen molar-refractivity contribution < 1.29 is 9.47 Å². The first-order valence-electron chi connectivity index (χ1n) is 7.02. The number of likely N-dealkylation sites (N-methyl/N-ethyl adjacent to an activating group) is 1. The molecule has 1 aromatic rings. The van der Waals surface area contributed by atoms with Crippen molar-refractivity contribution >= 4 is 11.6 Å². The fourth-order valence-electron chi connectivity index (χ4n) is 2.37. The van der Waals surface area contributed by atoms with Gasteiger partial charge in [0, 0.05) is 12.6 Å². The number of hydrogen-bond donors (Lipinski definition) is 1. The van der Waals surface area contributed by atoms with Crippen LogP contribution in [0.1, 0.15) is 31.9 Å². The highest BCUT2D eigenvalue weighted by Crippen LogP contribution is 2.41. The van der Waals surface area contributed by atoms with Crippen molar-refractivity contribution in [2.75, 3.05) is 26.9 Å². The minimum Gasteiger partial charge on any atom is -0.454 e. The van der Waals surface area contributed by atoms with Crippen LogP contribution >= 0.6 is 11.6 Å². The van der Waals surface area contributed by atoms with Gasteiger partial charge < -0.3 is 15.2 Å². The molecule has 112 valence electrons. The second-order valence-corrected chi connectivity index (χ2v) is 6.06. The summed E-state index contributed by atoms with van der Waals surface area (Å²) in [6.07, 6.45) is 1.14. The average Bonchev–Trinajstić information content (AvgIpc) is 2.86. The Bertz CT molecular complexity index is 465. The van der Waals surface area contributed by atoms with E-state index in [1.165, 1.54) is 0 Å². The van der Waals surface area contributed by atoms with Gasteiger partial charge in [-0.2, -0.15) is 0 Å². The normalized spacial score (nSPS) is 15.2. The third-order valence-corrected chi connectivity index (χ3v) is 3.93. The second-order valence-electron chi connectivity index (χ2n) is 5.65. The van der Waals surface area contributed by atoms with Crippen LogP contribution in [-0.2, 0) is 0 Å². The quantitative estimate of drug-likeness (QED) is 0.877. The molecule has 1 unspecified atom stereocenters. The van der Waals surface area contributed by atoms with Crippen LogP contribution in [0.2, 0.25) is 5.02 Å². The smallest absolute Gasteiger partial charge is 0.231 e. The number of nitrogens with two attached hydrogens (primary N) is 1. The lowest BCUT2D eigenvalue weighted by Gasteiger charge is -2.28. The standard InChI is InChI=1S/C15H23ClN2O2/c1-10(2)4-5-18(3)13(8-17)11-6-12(16)15-14(7-11)19-9-20-15/h6-7,10,13H,4-5,8-9,17H2,1-3H3. The first kappa shape index (κ1) is 15.4. The molecular weight excluding hydrogens is 276 g/mol. The van der Waals surface area contributed by atoms with Gasteiger partial charge in [-0.25, -0.2) is 0 Å². The number of fused-ring (bicyclic) bond motifs is 1. The molecule has 0 amide bonds. The van der Waals surface area contributed by atoms with Gasteiger partial charge in [-0.15, -0.1) is 0 Å². The largest absolute Gasteiger partial charge is 0.454 e. The zero-order valence-corrected chi connectivity index (χ0v) is 13.1. The van der Waals surface area contributed by atoms with Gasteiger partial charge in [0.2, 0.25) is 6.79 Å². The maximum atomic E-state index is 6.24. The Hall–Kier alpha value is -0.970. The van der Waals surface area contributed by atoms with E-state index in [0.717, 1.165) is 18.5 Å². The van der Waals surface area contributed by atoms with Crippen molar-refractivity contribution in [3.05, 3.63) is 22.7 Å². The number of hydrogen-bond acceptors (Lipinski definition) is 4. The highest BCUT2D eigenvalue weighted by Gasteiger charge is 2.23. The maximum absolute atomic E-state index is 6.24. The van der Waals surface area contributed by atoms with E-state index in [0.29, 0.717) is 29.0 Å². The molecule has 5 heteroatoms. The van der Waals surface area contributed by atoms with Gasteiger partial charge in [-0.3, -0.25) is 4.90 Å². The summed E-state index contributed by atoms with van der Waals surface area (Å²) in [5.41, 5.74) is 7.03. The van der Waals surface area contributed by atoms with Gasteiger partial charge >= 0.3 is 0 Å². The highest BCUT2D eigenvalue weighted by molar-refractivity contribution is 6.32. The molecular formula is C15H23ClN2O2. The Kier molecular flexibility index (Phi) is 5.13. The first-order valence-corrected chi connectivity index (χ1v) is 7.40. The molecule has 1 aromatic carbocycles. The molecule has 20 heavy (non-hydrogen) atoms. The molecule has 4 nitrogen and oxygen atoms in total. The van der Waals surface area contributed by atoms with Crippen molar-refractivity contribution in [3.63, 3.8) is 0 Å². The third kappa shape index (κ3) is 3.37. The number of rotatable bonds is 6. The van der Waals surface area contributed by atoms with E-state index >= 15 is 0 Å². The van der Waals surface area contributed by atoms with Crippen molar-refractivity contribution in [1.29, 1.82) is 0 Å². The van der Waals surface area contributed by atoms with E-state index in [2.05, 4.69) is 25.8 Å². The molecule has 1 atom stereocenters. The number of nitrogens with zero attached hydrogens (tertiary/aromatic N) is 1. The Morgan fingerprint density at radius 1 is 1.35 bits per heavy atom. The predicted molar refractivity (Wildman–Crippen MR) is 81.5 cm³/mol. The van der Waals surface area contributed by atoms with E-state index < -0.39 is 0 Å². The van der Waals surface area contributed by atoms with Crippen LogP contribution in [0.3, 0.4) is 0 Å². The predicted octanol–water partition coefficient (Wildman–Crippen LogP) is 3.05. The van der Waals surface area contributed by atoms with Crippen molar-refractivity contribution in [3.8, 4) is 11.5 Å². The van der Waals surface area contributed by atoms with Crippen molar-refractivity contribution in [2.24, 2.45) is 11.7 Å². The van der Waals surface area contributed by atoms with E-state index in [1.54, 1.807) is 0 Å². The fraction of sp³-hybridized carbons (Fsp3) is 0.600. The summed E-state index contributed by atoms with van der Waals surface area (Å²) in [6, 6.07) is 4.05. The van der Waals surface area contributed by atoms with Crippen molar-refractivity contribution in [2.45, 2.75) is 26.3 Å². The molecule has 0 fully saturated rings. The SMILES string of the molecule is CC(C)CCN(C)C(CN)c1cc(Cl)c2c(c1)OCO2. The van der Waals surface area contributed by atoms with Crippen LogP contribution in [0.25, 0.3) is 0 Å². The molecule has 0 radical (unpaired) electrons. The van der Waals surface area contributed by atoms with Crippen LogP contribution in [0, 0.1) is 5.92 Å². The molecule has 2 N–H and O–H groups in total. The Morgan fingerprint density at radius 2 is 2.10 bits per heavy atom. The van der Waals surface area contributed by atoms with Crippen LogP contribution < -0.4 is 15.2 Å². The van der Waals surface area contributed by atoms with Gasteiger partial charge in [0.15, 0.2) is 11.5 Å². The van der Waals surface area contributed by atoms with Gasteiger partial charge in [-0.1, -0.05) is 25.4 Å². The van der Waals surface area contributed by atoms with Crippen LogP contribution in [-0.4, -0.2) is 31.8 Å². The third-order valence-electron chi connectivity index (χ3n) is 3.65. The highest BCUT2D eigenvalue weighted by atomic mass is 35.5. The number of halogens is 1. The molecule has 1 aliphatic rings. The van der Waals surface area contributed by atoms with Crippen molar-refractivity contribution in [1.82, 2.24) is 4.90 Å². The van der Waals surface area contributed by atoms with E-state index in [4.69, 9.17) is 26.8 Å². The van der Waals surface area contributed by atoms with Gasteiger partial charge in [0.05, 0.1) is 5.02 Å². The minimum absolute atomic E-state index is 0.140. The van der Waals surface area contributed by atoms with Crippen LogP contribution in [0.4, 0.5) is 0 Å². The molecule has 0 saturated heterocycles. The van der Waals surface area contributed by atoms with Gasteiger partial charge in [0.25, 0.3) is 0 Å². The molecule has 1 heterocycles. The lowest BCUT2D eigenvalue weighted by atomic mass is 10.0. The van der Waals surface area contributed by atoms with E-state index in [9.17, 15) is 0 Å². The summed E-state index contributed by atoms with van der Waals surface area (Å²) in [5, 5.41) is 0.589. The zero-order chi connectivity index (χ0) is 14.7. The lowest BCUT2D eigenvalue weighted by Crippen LogP contribution is -2.31. The summed E-state index contributed by atoms with van der Waals surface area (Å²) in [6.45, 7) is 6.23. The summed E-state index contributed by atoms with van der Waals surface area (Å²) < 4.78 is 10.8. The average molecular weight is 299 g/mol. The number of benzene rings is 1. The summed E-state index contributed by atoms with van der Waals surface area (Å²) in [5.74, 6) is 2.02. The first-order chi connectivity index (χ1) is 9.52. The Morgan fingerprint density at radius 3 is 2.75 bits per heavy atom. The van der Waals surface area contributed by atoms with Crippen LogP contribution in [0.15, 0.2) is 12.1 Å². The molecule has 0 spiro atoms.